The van der Waals surface area contributed by atoms with Gasteiger partial charge in [0, 0.05) is 38.3 Å². The summed E-state index contributed by atoms with van der Waals surface area (Å²) in [6.07, 6.45) is 0. The first-order valence-corrected chi connectivity index (χ1v) is 14.8. The van der Waals surface area contributed by atoms with Crippen molar-refractivity contribution in [3.8, 4) is 28.6 Å². The summed E-state index contributed by atoms with van der Waals surface area (Å²) in [7, 11) is 0. The summed E-state index contributed by atoms with van der Waals surface area (Å²) in [6, 6.07) is 48.0. The number of aromatic nitrogens is 2. The Hall–Kier alpha value is -5.59. The summed E-state index contributed by atoms with van der Waals surface area (Å²) in [5, 5.41) is 14.4. The normalized spacial score (nSPS) is 13.5. The molecule has 0 spiro atoms. The maximum atomic E-state index is 9.61. The van der Waals surface area contributed by atoms with E-state index in [9.17, 15) is 5.26 Å². The van der Waals surface area contributed by atoms with Crippen LogP contribution < -0.4 is 0 Å². The largest absolute Gasteiger partial charge is 0.309 e. The van der Waals surface area contributed by atoms with Crippen LogP contribution in [0, 0.1) is 11.3 Å². The molecular formula is C40H27N3. The average molecular weight is 550 g/mol. The summed E-state index contributed by atoms with van der Waals surface area (Å²) in [4.78, 5) is 0. The lowest BCUT2D eigenvalue weighted by Crippen LogP contribution is -2.16. The zero-order valence-corrected chi connectivity index (χ0v) is 24.0. The predicted molar refractivity (Wildman–Crippen MR) is 177 cm³/mol. The molecule has 0 atom stereocenters. The van der Waals surface area contributed by atoms with Crippen molar-refractivity contribution >= 4 is 43.6 Å². The molecule has 0 radical (unpaired) electrons. The van der Waals surface area contributed by atoms with Crippen molar-refractivity contribution in [3.63, 3.8) is 0 Å². The molecular weight excluding hydrogens is 522 g/mol. The van der Waals surface area contributed by atoms with Gasteiger partial charge < -0.3 is 9.13 Å². The molecule has 3 heteroatoms. The van der Waals surface area contributed by atoms with Crippen molar-refractivity contribution in [2.75, 3.05) is 0 Å². The fourth-order valence-corrected chi connectivity index (χ4v) is 7.67. The van der Waals surface area contributed by atoms with E-state index in [2.05, 4.69) is 144 Å². The highest BCUT2D eigenvalue weighted by atomic mass is 15.0. The molecule has 2 aromatic heterocycles. The van der Waals surface area contributed by atoms with Crippen LogP contribution >= 0.6 is 0 Å². The van der Waals surface area contributed by atoms with Gasteiger partial charge >= 0.3 is 0 Å². The van der Waals surface area contributed by atoms with Gasteiger partial charge in [-0.3, -0.25) is 0 Å². The number of para-hydroxylation sites is 2. The van der Waals surface area contributed by atoms with E-state index in [1.807, 2.05) is 12.1 Å². The van der Waals surface area contributed by atoms with Crippen molar-refractivity contribution < 1.29 is 0 Å². The Balaban J connectivity index is 1.37. The number of benzene rings is 6. The number of hydrogen-bond acceptors (Lipinski definition) is 1. The van der Waals surface area contributed by atoms with Gasteiger partial charge in [-0.05, 0) is 70.8 Å². The first-order valence-electron chi connectivity index (χ1n) is 14.8. The van der Waals surface area contributed by atoms with E-state index in [1.165, 1.54) is 44.1 Å². The van der Waals surface area contributed by atoms with Crippen LogP contribution in [-0.4, -0.2) is 9.13 Å². The third kappa shape index (κ3) is 3.13. The lowest BCUT2D eigenvalue weighted by molar-refractivity contribution is 0.664. The fraction of sp³-hybridized carbons (Fsp3) is 0.0750. The second kappa shape index (κ2) is 8.47. The third-order valence-electron chi connectivity index (χ3n) is 9.50. The molecule has 3 nitrogen and oxygen atoms in total. The van der Waals surface area contributed by atoms with Crippen molar-refractivity contribution in [1.29, 1.82) is 5.26 Å². The van der Waals surface area contributed by atoms with Gasteiger partial charge in [0.15, 0.2) is 0 Å². The smallest absolute Gasteiger partial charge is 0.0991 e. The lowest BCUT2D eigenvalue weighted by atomic mass is 9.81. The summed E-state index contributed by atoms with van der Waals surface area (Å²) in [5.74, 6) is 0. The molecule has 2 heterocycles. The van der Waals surface area contributed by atoms with Crippen LogP contribution in [0.4, 0.5) is 0 Å². The summed E-state index contributed by atoms with van der Waals surface area (Å²) in [5.41, 5.74) is 12.9. The molecule has 8 aromatic rings. The van der Waals surface area contributed by atoms with Gasteiger partial charge in [-0.15, -0.1) is 0 Å². The molecule has 0 saturated carbocycles. The Bertz CT molecular complexity index is 2500. The second-order valence-corrected chi connectivity index (χ2v) is 12.1. The molecule has 202 valence electrons. The Morgan fingerprint density at radius 1 is 0.535 bits per heavy atom. The first-order chi connectivity index (χ1) is 21.1. The molecule has 0 unspecified atom stereocenters. The molecule has 1 aliphatic carbocycles. The van der Waals surface area contributed by atoms with E-state index in [1.54, 1.807) is 0 Å². The van der Waals surface area contributed by atoms with Crippen molar-refractivity contribution in [1.82, 2.24) is 9.13 Å². The van der Waals surface area contributed by atoms with Crippen LogP contribution in [0.5, 0.6) is 0 Å². The Morgan fingerprint density at radius 2 is 1.19 bits per heavy atom. The summed E-state index contributed by atoms with van der Waals surface area (Å²) >= 11 is 0. The van der Waals surface area contributed by atoms with Gasteiger partial charge in [0.1, 0.15) is 0 Å². The first kappa shape index (κ1) is 24.1. The fourth-order valence-electron chi connectivity index (χ4n) is 7.67. The molecule has 0 amide bonds. The minimum Gasteiger partial charge on any atom is -0.309 e. The topological polar surface area (TPSA) is 33.6 Å². The van der Waals surface area contributed by atoms with E-state index < -0.39 is 0 Å². The monoisotopic (exact) mass is 549 g/mol. The van der Waals surface area contributed by atoms with Gasteiger partial charge in [-0.25, -0.2) is 0 Å². The molecule has 0 bridgehead atoms. The molecule has 1 aliphatic rings. The highest BCUT2D eigenvalue weighted by molar-refractivity contribution is 6.13. The molecule has 0 aliphatic heterocycles. The number of nitriles is 1. The summed E-state index contributed by atoms with van der Waals surface area (Å²) < 4.78 is 4.80. The number of rotatable bonds is 2. The van der Waals surface area contributed by atoms with E-state index in [-0.39, 0.29) is 5.41 Å². The standard InChI is InChI=1S/C40H27N3/c1-40(2)34-15-6-3-12-28(34)31-19-20-32-29-13-4-8-17-36(29)43(39(32)38(31)40)27-11-9-10-26(23-27)42-35-16-7-5-14-30(35)33-22-25(24-41)18-21-37(33)42/h3-23H,1-2H3. The van der Waals surface area contributed by atoms with Crippen LogP contribution in [0.1, 0.15) is 30.5 Å². The summed E-state index contributed by atoms with van der Waals surface area (Å²) in [6.45, 7) is 4.73. The number of hydrogen-bond donors (Lipinski definition) is 0. The number of nitrogens with zero attached hydrogens (tertiary/aromatic N) is 3. The van der Waals surface area contributed by atoms with Crippen molar-refractivity contribution in [2.24, 2.45) is 0 Å². The van der Waals surface area contributed by atoms with Gasteiger partial charge in [0.2, 0.25) is 0 Å². The van der Waals surface area contributed by atoms with Crippen molar-refractivity contribution in [3.05, 3.63) is 144 Å². The molecule has 0 N–H and O–H groups in total. The van der Waals surface area contributed by atoms with Crippen LogP contribution in [0.2, 0.25) is 0 Å². The average Bonchev–Trinajstić information content (AvgIpc) is 3.64. The van der Waals surface area contributed by atoms with Crippen LogP contribution in [0.15, 0.2) is 127 Å². The van der Waals surface area contributed by atoms with E-state index in [4.69, 9.17) is 0 Å². The van der Waals surface area contributed by atoms with Gasteiger partial charge in [0.25, 0.3) is 0 Å². The highest BCUT2D eigenvalue weighted by Gasteiger charge is 2.38. The van der Waals surface area contributed by atoms with E-state index in [0.29, 0.717) is 5.56 Å². The maximum absolute atomic E-state index is 9.61. The second-order valence-electron chi connectivity index (χ2n) is 12.1. The van der Waals surface area contributed by atoms with Gasteiger partial charge in [-0.2, -0.15) is 5.26 Å². The zero-order chi connectivity index (χ0) is 28.9. The van der Waals surface area contributed by atoms with Crippen LogP contribution in [0.3, 0.4) is 0 Å². The molecule has 6 aromatic carbocycles. The predicted octanol–water partition coefficient (Wildman–Crippen LogP) is 10.1. The van der Waals surface area contributed by atoms with Crippen molar-refractivity contribution in [2.45, 2.75) is 19.3 Å². The van der Waals surface area contributed by atoms with Crippen LogP contribution in [-0.2, 0) is 5.41 Å². The van der Waals surface area contributed by atoms with E-state index in [0.717, 1.165) is 33.2 Å². The highest BCUT2D eigenvalue weighted by Crippen LogP contribution is 2.52. The van der Waals surface area contributed by atoms with E-state index >= 15 is 0 Å². The minimum atomic E-state index is -0.138. The number of fused-ring (bicyclic) bond motifs is 10. The Kier molecular flexibility index (Phi) is 4.74. The lowest BCUT2D eigenvalue weighted by Gasteiger charge is -2.24. The zero-order valence-electron chi connectivity index (χ0n) is 24.0. The Morgan fingerprint density at radius 3 is 1.98 bits per heavy atom. The Labute approximate surface area is 249 Å². The quantitative estimate of drug-likeness (QED) is 0.211. The SMILES string of the molecule is CC1(C)c2ccccc2-c2ccc3c4ccccc4n(-c4cccc(-n5c6ccccc6c6cc(C#N)ccc65)c4)c3c21. The third-order valence-corrected chi connectivity index (χ3v) is 9.50. The minimum absolute atomic E-state index is 0.138. The van der Waals surface area contributed by atoms with Gasteiger partial charge in [-0.1, -0.05) is 92.7 Å². The molecule has 0 fully saturated rings. The molecule has 43 heavy (non-hydrogen) atoms. The molecule has 9 rings (SSSR count). The van der Waals surface area contributed by atoms with Gasteiger partial charge in [0.05, 0.1) is 33.7 Å². The van der Waals surface area contributed by atoms with Crippen LogP contribution in [0.25, 0.3) is 66.1 Å². The maximum Gasteiger partial charge on any atom is 0.0991 e. The molecule has 0 saturated heterocycles.